The quantitative estimate of drug-likeness (QED) is 0.538. The number of anilines is 1. The highest BCUT2D eigenvalue weighted by molar-refractivity contribution is 7.89. The molecule has 168 valence electrons. The first-order valence-corrected chi connectivity index (χ1v) is 10.7. The van der Waals surface area contributed by atoms with Gasteiger partial charge in [-0.2, -0.15) is 13.5 Å². The molecule has 0 saturated heterocycles. The third-order valence-electron chi connectivity index (χ3n) is 4.15. The van der Waals surface area contributed by atoms with Gasteiger partial charge in [-0.15, -0.1) is 0 Å². The van der Waals surface area contributed by atoms with Crippen molar-refractivity contribution >= 4 is 27.5 Å². The molecular weight excluding hydrogens is 432 g/mol. The van der Waals surface area contributed by atoms with Crippen LogP contribution in [0, 0.1) is 0 Å². The van der Waals surface area contributed by atoms with Crippen molar-refractivity contribution in [2.45, 2.75) is 44.4 Å². The molecule has 0 aliphatic rings. The third kappa shape index (κ3) is 7.30. The molecule has 3 N–H and O–H groups in total. The van der Waals surface area contributed by atoms with Crippen LogP contribution in [-0.2, 0) is 19.6 Å². The topological polar surface area (TPSA) is 114 Å². The molecule has 2 aromatic rings. The molecule has 11 heteroatoms. The minimum absolute atomic E-state index is 0.0509. The van der Waals surface area contributed by atoms with Crippen LogP contribution in [0.4, 0.5) is 14.5 Å². The Labute approximate surface area is 179 Å². The number of halogens is 2. The Balaban J connectivity index is 2.01. The van der Waals surface area contributed by atoms with E-state index in [1.807, 2.05) is 0 Å². The molecule has 0 aliphatic heterocycles. The van der Waals surface area contributed by atoms with Gasteiger partial charge in [-0.1, -0.05) is 12.1 Å². The fraction of sp³-hybridized carbons (Fsp3) is 0.300. The van der Waals surface area contributed by atoms with Gasteiger partial charge >= 0.3 is 6.61 Å². The summed E-state index contributed by atoms with van der Waals surface area (Å²) in [5.74, 6) is -0.948. The first-order chi connectivity index (χ1) is 14.5. The Bertz CT molecular complexity index is 1030. The van der Waals surface area contributed by atoms with Crippen LogP contribution in [0.1, 0.15) is 32.4 Å². The van der Waals surface area contributed by atoms with Crippen molar-refractivity contribution in [1.29, 1.82) is 0 Å². The fourth-order valence-electron chi connectivity index (χ4n) is 2.66. The Morgan fingerprint density at radius 3 is 2.26 bits per heavy atom. The smallest absolute Gasteiger partial charge is 0.387 e. The molecule has 0 spiro atoms. The van der Waals surface area contributed by atoms with E-state index in [4.69, 9.17) is 0 Å². The van der Waals surface area contributed by atoms with Crippen molar-refractivity contribution in [3.05, 3.63) is 54.1 Å². The number of benzene rings is 2. The second-order valence-electron chi connectivity index (χ2n) is 6.73. The first kappa shape index (κ1) is 24.2. The van der Waals surface area contributed by atoms with Crippen LogP contribution in [0.15, 0.2) is 53.4 Å². The van der Waals surface area contributed by atoms with Crippen LogP contribution in [0.2, 0.25) is 0 Å². The zero-order valence-corrected chi connectivity index (χ0v) is 17.9. The zero-order valence-electron chi connectivity index (χ0n) is 17.1. The van der Waals surface area contributed by atoms with Gasteiger partial charge in [0.05, 0.1) is 17.0 Å². The van der Waals surface area contributed by atoms with E-state index < -0.39 is 34.6 Å². The highest BCUT2D eigenvalue weighted by Crippen LogP contribution is 2.21. The monoisotopic (exact) mass is 455 g/mol. The first-order valence-electron chi connectivity index (χ1n) is 9.23. The maximum atomic E-state index is 12.5. The van der Waals surface area contributed by atoms with E-state index in [0.717, 1.165) is 0 Å². The van der Waals surface area contributed by atoms with Crippen molar-refractivity contribution in [3.63, 3.8) is 0 Å². The molecule has 0 heterocycles. The summed E-state index contributed by atoms with van der Waals surface area (Å²) in [6, 6.07) is 9.61. The Morgan fingerprint density at radius 2 is 1.68 bits per heavy atom. The van der Waals surface area contributed by atoms with Gasteiger partial charge in [0.15, 0.2) is 0 Å². The number of carbonyl (C=O) groups is 2. The highest BCUT2D eigenvalue weighted by atomic mass is 32.2. The SMILES string of the molecule is CC(=O)Nc1ccc(S(=O)(=O)N[C@@H](C)C(=O)NC(C)c2cccc(OC(F)F)c2)cc1. The van der Waals surface area contributed by atoms with Crippen molar-refractivity contribution in [2.24, 2.45) is 0 Å². The average molecular weight is 455 g/mol. The second-order valence-corrected chi connectivity index (χ2v) is 8.44. The van der Waals surface area contributed by atoms with Crippen LogP contribution in [0.5, 0.6) is 5.75 Å². The summed E-state index contributed by atoms with van der Waals surface area (Å²) in [6.45, 7) is 1.36. The number of carbonyl (C=O) groups excluding carboxylic acids is 2. The van der Waals surface area contributed by atoms with Crippen molar-refractivity contribution in [1.82, 2.24) is 10.0 Å². The zero-order chi connectivity index (χ0) is 23.2. The maximum absolute atomic E-state index is 12.5. The molecule has 2 amide bonds. The third-order valence-corrected chi connectivity index (χ3v) is 5.71. The normalized spacial score (nSPS) is 13.4. The number of rotatable bonds is 9. The lowest BCUT2D eigenvalue weighted by Crippen LogP contribution is -2.45. The lowest BCUT2D eigenvalue weighted by molar-refractivity contribution is -0.123. The number of sulfonamides is 1. The molecule has 0 radical (unpaired) electrons. The predicted molar refractivity (Wildman–Crippen MR) is 110 cm³/mol. The van der Waals surface area contributed by atoms with Crippen LogP contribution in [-0.4, -0.2) is 32.9 Å². The minimum atomic E-state index is -4.00. The molecule has 2 aromatic carbocycles. The van der Waals surface area contributed by atoms with Crippen molar-refractivity contribution in [2.75, 3.05) is 5.32 Å². The van der Waals surface area contributed by atoms with E-state index in [-0.39, 0.29) is 16.6 Å². The van der Waals surface area contributed by atoms with Crippen LogP contribution < -0.4 is 20.1 Å². The van der Waals surface area contributed by atoms with E-state index in [0.29, 0.717) is 11.3 Å². The number of alkyl halides is 2. The fourth-order valence-corrected chi connectivity index (χ4v) is 3.86. The van der Waals surface area contributed by atoms with Gasteiger partial charge in [-0.05, 0) is 55.8 Å². The van der Waals surface area contributed by atoms with Crippen molar-refractivity contribution < 1.29 is 31.5 Å². The standard InChI is InChI=1S/C20H23F2N3O5S/c1-12(15-5-4-6-17(11-15)30-20(21)22)23-19(27)13(2)25-31(28,29)18-9-7-16(8-10-18)24-14(3)26/h4-13,20,25H,1-3H3,(H,23,27)(H,24,26)/t12?,13-/m0/s1. The van der Waals surface area contributed by atoms with Gasteiger partial charge in [0.2, 0.25) is 21.8 Å². The molecule has 2 rings (SSSR count). The molecule has 0 saturated carbocycles. The summed E-state index contributed by atoms with van der Waals surface area (Å²) in [7, 11) is -4.00. The highest BCUT2D eigenvalue weighted by Gasteiger charge is 2.23. The van der Waals surface area contributed by atoms with E-state index in [1.54, 1.807) is 13.0 Å². The van der Waals surface area contributed by atoms with E-state index in [1.165, 1.54) is 56.3 Å². The summed E-state index contributed by atoms with van der Waals surface area (Å²) < 4.78 is 56.4. The van der Waals surface area contributed by atoms with E-state index in [2.05, 4.69) is 20.1 Å². The summed E-state index contributed by atoms with van der Waals surface area (Å²) >= 11 is 0. The van der Waals surface area contributed by atoms with Gasteiger partial charge in [0, 0.05) is 12.6 Å². The Morgan fingerprint density at radius 1 is 1.03 bits per heavy atom. The summed E-state index contributed by atoms with van der Waals surface area (Å²) in [6.07, 6.45) is 0. The molecule has 0 bridgehead atoms. The van der Waals surface area contributed by atoms with Gasteiger partial charge in [0.25, 0.3) is 0 Å². The maximum Gasteiger partial charge on any atom is 0.387 e. The number of hydrogen-bond acceptors (Lipinski definition) is 5. The lowest BCUT2D eigenvalue weighted by atomic mass is 10.1. The van der Waals surface area contributed by atoms with Crippen LogP contribution >= 0.6 is 0 Å². The van der Waals surface area contributed by atoms with Crippen molar-refractivity contribution in [3.8, 4) is 5.75 Å². The van der Waals surface area contributed by atoms with Gasteiger partial charge in [-0.25, -0.2) is 8.42 Å². The Hall–Kier alpha value is -3.05. The molecule has 0 aliphatic carbocycles. The molecular formula is C20H23F2N3O5S. The summed E-state index contributed by atoms with van der Waals surface area (Å²) in [5.41, 5.74) is 0.944. The average Bonchev–Trinajstić information content (AvgIpc) is 2.67. The van der Waals surface area contributed by atoms with Gasteiger partial charge < -0.3 is 15.4 Å². The van der Waals surface area contributed by atoms with Crippen LogP contribution in [0.3, 0.4) is 0 Å². The van der Waals surface area contributed by atoms with E-state index >= 15 is 0 Å². The minimum Gasteiger partial charge on any atom is -0.435 e. The molecule has 2 atom stereocenters. The predicted octanol–water partition coefficient (Wildman–Crippen LogP) is 2.79. The van der Waals surface area contributed by atoms with E-state index in [9.17, 15) is 26.8 Å². The number of amides is 2. The number of hydrogen-bond donors (Lipinski definition) is 3. The van der Waals surface area contributed by atoms with Gasteiger partial charge in [-0.3, -0.25) is 9.59 Å². The summed E-state index contributed by atoms with van der Waals surface area (Å²) in [5, 5.41) is 5.15. The largest absolute Gasteiger partial charge is 0.435 e. The number of ether oxygens (including phenoxy) is 1. The van der Waals surface area contributed by atoms with Gasteiger partial charge in [0.1, 0.15) is 5.75 Å². The summed E-state index contributed by atoms with van der Waals surface area (Å²) in [4.78, 5) is 23.4. The number of nitrogens with one attached hydrogen (secondary N) is 3. The van der Waals surface area contributed by atoms with Crippen LogP contribution in [0.25, 0.3) is 0 Å². The molecule has 31 heavy (non-hydrogen) atoms. The molecule has 1 unspecified atom stereocenters. The lowest BCUT2D eigenvalue weighted by Gasteiger charge is -2.19. The molecule has 8 nitrogen and oxygen atoms in total. The Kier molecular flexibility index (Phi) is 8.06. The second kappa shape index (κ2) is 10.3. The molecule has 0 aromatic heterocycles. The molecule has 0 fully saturated rings.